The summed E-state index contributed by atoms with van der Waals surface area (Å²) in [5.41, 5.74) is 8.11. The molecule has 43 heavy (non-hydrogen) atoms. The van der Waals surface area contributed by atoms with E-state index in [-0.39, 0.29) is 20.4 Å². The van der Waals surface area contributed by atoms with Crippen molar-refractivity contribution in [2.45, 2.75) is 55.4 Å². The van der Waals surface area contributed by atoms with Crippen LogP contribution in [0.25, 0.3) is 0 Å². The van der Waals surface area contributed by atoms with Crippen molar-refractivity contribution < 1.29 is 38.5 Å². The number of rotatable bonds is 8. The molecule has 11 heteroatoms. The van der Waals surface area contributed by atoms with Gasteiger partial charge in [-0.2, -0.15) is 0 Å². The molecule has 0 unspecified atom stereocenters. The van der Waals surface area contributed by atoms with E-state index in [1.165, 1.54) is 0 Å². The molecule has 234 valence electrons. The minimum Gasteiger partial charge on any atom is -0.496 e. The van der Waals surface area contributed by atoms with Gasteiger partial charge >= 0.3 is 0 Å². The minimum atomic E-state index is -2.83. The first kappa shape index (κ1) is 38.2. The molecule has 0 aliphatic carbocycles. The van der Waals surface area contributed by atoms with Gasteiger partial charge in [0.05, 0.1) is 0 Å². The summed E-state index contributed by atoms with van der Waals surface area (Å²) in [7, 11) is 0. The topological polar surface area (TPSA) is 36.9 Å². The largest absolute Gasteiger partial charge is 0.496 e. The second-order valence-electron chi connectivity index (χ2n) is 10.1. The number of aryl methyl sites for hydroxylation is 8. The molecular formula is C32H36O4P2PdS4-2. The first-order valence-electron chi connectivity index (χ1n) is 13.3. The van der Waals surface area contributed by atoms with Crippen LogP contribution in [0.1, 0.15) is 44.5 Å². The van der Waals surface area contributed by atoms with Gasteiger partial charge in [0.25, 0.3) is 0 Å². The number of hydrogen-bond donors (Lipinski definition) is 0. The van der Waals surface area contributed by atoms with Crippen LogP contribution < -0.4 is 18.1 Å². The standard InChI is InChI=1S/2C16H19O2PS2.Pd/c2*1-11-7-5-8-12(2)15(11)17-19(20,21)18-16-13(3)9-6-10-14(16)4;/h2*5-10H,1-4H3,(H,20,21);/p-2. The van der Waals surface area contributed by atoms with Crippen molar-refractivity contribution in [1.82, 2.24) is 0 Å². The molecule has 0 amide bonds. The molecule has 0 radical (unpaired) electrons. The molecule has 0 atom stereocenters. The van der Waals surface area contributed by atoms with Crippen molar-refractivity contribution in [3.8, 4) is 23.0 Å². The molecule has 0 aliphatic heterocycles. The Balaban J connectivity index is 0.000000293. The predicted octanol–water partition coefficient (Wildman–Crippen LogP) is 10.3. The van der Waals surface area contributed by atoms with Crippen LogP contribution in [0.2, 0.25) is 0 Å². The van der Waals surface area contributed by atoms with Crippen molar-refractivity contribution in [3.63, 3.8) is 0 Å². The van der Waals surface area contributed by atoms with E-state index in [2.05, 4.69) is 0 Å². The fourth-order valence-electron chi connectivity index (χ4n) is 4.26. The van der Waals surface area contributed by atoms with Gasteiger partial charge in [0.2, 0.25) is 0 Å². The Morgan fingerprint density at radius 2 is 0.488 bits per heavy atom. The summed E-state index contributed by atoms with van der Waals surface area (Å²) in [5, 5.41) is 0. The van der Waals surface area contributed by atoms with E-state index < -0.39 is 12.2 Å². The molecule has 4 rings (SSSR count). The maximum Gasteiger partial charge on any atom is 0.178 e. The summed E-state index contributed by atoms with van der Waals surface area (Å²) >= 11 is 21.7. The third kappa shape index (κ3) is 11.1. The van der Waals surface area contributed by atoms with Crippen LogP contribution in [0.3, 0.4) is 0 Å². The third-order valence-electron chi connectivity index (χ3n) is 6.45. The molecule has 0 N–H and O–H groups in total. The van der Waals surface area contributed by atoms with E-state index in [1.807, 2.05) is 128 Å². The van der Waals surface area contributed by atoms with E-state index in [9.17, 15) is 0 Å². The zero-order valence-electron chi connectivity index (χ0n) is 25.4. The molecule has 0 aromatic heterocycles. The molecule has 0 bridgehead atoms. The molecular weight excluding hydrogens is 745 g/mol. The first-order valence-corrected chi connectivity index (χ1v) is 20.6. The van der Waals surface area contributed by atoms with E-state index >= 15 is 0 Å². The zero-order valence-corrected chi connectivity index (χ0v) is 32.0. The molecule has 0 spiro atoms. The Labute approximate surface area is 293 Å². The fourth-order valence-corrected chi connectivity index (χ4v) is 8.17. The smallest absolute Gasteiger partial charge is 0.178 e. The predicted molar refractivity (Wildman–Crippen MR) is 189 cm³/mol. The number of hydrogen-bond acceptors (Lipinski definition) is 8. The second-order valence-corrected chi connectivity index (χ2v) is 19.8. The van der Waals surface area contributed by atoms with Gasteiger partial charge < -0.3 is 67.1 Å². The van der Waals surface area contributed by atoms with Crippen LogP contribution in [0.4, 0.5) is 0 Å². The van der Waals surface area contributed by atoms with Crippen molar-refractivity contribution in [2.24, 2.45) is 0 Å². The first-order chi connectivity index (χ1) is 19.6. The maximum absolute atomic E-state index is 5.90. The average Bonchev–Trinajstić information content (AvgIpc) is 2.89. The zero-order chi connectivity index (χ0) is 31.2. The SMILES string of the molecule is Cc1cccc(C)c1O[P+]([S-])([S-])Oc1c(C)cccc1C.Cc1cccc(C)c1O[P+]([S-])([S-])Oc1c(C)cccc1C.[Pd]. The van der Waals surface area contributed by atoms with Gasteiger partial charge in [-0.15, -0.1) is 0 Å². The van der Waals surface area contributed by atoms with Crippen molar-refractivity contribution in [1.29, 1.82) is 0 Å². The Morgan fingerprint density at radius 3 is 0.628 bits per heavy atom. The quantitative estimate of drug-likeness (QED) is 0.0994. The Morgan fingerprint density at radius 1 is 0.349 bits per heavy atom. The summed E-state index contributed by atoms with van der Waals surface area (Å²) in [6.07, 6.45) is -5.65. The van der Waals surface area contributed by atoms with Gasteiger partial charge in [-0.1, -0.05) is 72.8 Å². The summed E-state index contributed by atoms with van der Waals surface area (Å²) in [5.74, 6) is 2.95. The van der Waals surface area contributed by atoms with Crippen molar-refractivity contribution >= 4 is 61.2 Å². The van der Waals surface area contributed by atoms with Crippen LogP contribution in [-0.4, -0.2) is 0 Å². The molecule has 0 aliphatic rings. The molecule has 0 saturated heterocycles. The Bertz CT molecular complexity index is 1240. The molecule has 4 aromatic carbocycles. The normalized spacial score (nSPS) is 11.1. The fraction of sp³-hybridized carbons (Fsp3) is 0.250. The third-order valence-corrected chi connectivity index (χ3v) is 9.86. The molecule has 4 nitrogen and oxygen atoms in total. The Hall–Kier alpha value is -0.998. The maximum atomic E-state index is 5.90. The molecule has 0 fully saturated rings. The summed E-state index contributed by atoms with van der Waals surface area (Å²) in [6, 6.07) is 23.8. The van der Waals surface area contributed by atoms with Gasteiger partial charge in [-0.3, -0.25) is 0 Å². The van der Waals surface area contributed by atoms with E-state index in [4.69, 9.17) is 67.1 Å². The number of para-hydroxylation sites is 4. The summed E-state index contributed by atoms with van der Waals surface area (Å²) < 4.78 is 23.6. The average molecular weight is 781 g/mol. The molecule has 0 saturated carbocycles. The van der Waals surface area contributed by atoms with E-state index in [1.54, 1.807) is 0 Å². The second kappa shape index (κ2) is 16.5. The van der Waals surface area contributed by atoms with Gasteiger partial charge in [0.1, 0.15) is 12.2 Å². The summed E-state index contributed by atoms with van der Waals surface area (Å²) in [6.45, 7) is 15.8. The number of benzene rings is 4. The molecule has 0 heterocycles. The van der Waals surface area contributed by atoms with Gasteiger partial charge in [0.15, 0.2) is 23.0 Å². The van der Waals surface area contributed by atoms with Gasteiger partial charge in [-0.05, 0) is 99.9 Å². The van der Waals surface area contributed by atoms with Crippen LogP contribution in [-0.2, 0) is 69.4 Å². The van der Waals surface area contributed by atoms with Crippen LogP contribution >= 0.6 is 12.2 Å². The van der Waals surface area contributed by atoms with Gasteiger partial charge in [0, 0.05) is 20.4 Å². The van der Waals surface area contributed by atoms with E-state index in [0.717, 1.165) is 67.5 Å². The van der Waals surface area contributed by atoms with E-state index in [0.29, 0.717) is 0 Å². The summed E-state index contributed by atoms with van der Waals surface area (Å²) in [4.78, 5) is 0. The van der Waals surface area contributed by atoms with Crippen LogP contribution in [0.5, 0.6) is 23.0 Å². The monoisotopic (exact) mass is 780 g/mol. The van der Waals surface area contributed by atoms with Gasteiger partial charge in [-0.25, -0.2) is 0 Å². The Kier molecular flexibility index (Phi) is 14.7. The van der Waals surface area contributed by atoms with Crippen LogP contribution in [0.15, 0.2) is 72.8 Å². The minimum absolute atomic E-state index is 0. The van der Waals surface area contributed by atoms with Crippen molar-refractivity contribution in [2.75, 3.05) is 0 Å². The molecule has 4 aromatic rings. The van der Waals surface area contributed by atoms with Crippen LogP contribution in [0, 0.1) is 55.4 Å². The van der Waals surface area contributed by atoms with Crippen molar-refractivity contribution in [3.05, 3.63) is 117 Å².